The fourth-order valence-electron chi connectivity index (χ4n) is 2.11. The highest BCUT2D eigenvalue weighted by atomic mass is 16.6. The zero-order valence-corrected chi connectivity index (χ0v) is 13.1. The van der Waals surface area contributed by atoms with Crippen molar-refractivity contribution in [2.75, 3.05) is 0 Å². The molecule has 120 valence electrons. The molecule has 0 fully saturated rings. The minimum Gasteiger partial charge on any atom is -0.427 e. The second-order valence-electron chi connectivity index (χ2n) is 5.10. The van der Waals surface area contributed by atoms with Gasteiger partial charge in [0.1, 0.15) is 5.75 Å². The van der Waals surface area contributed by atoms with Crippen LogP contribution in [-0.4, -0.2) is 17.8 Å². The predicted octanol–water partition coefficient (Wildman–Crippen LogP) is 3.35. The van der Waals surface area contributed by atoms with Crippen LogP contribution in [0.2, 0.25) is 0 Å². The Hall–Kier alpha value is -3.21. The molecule has 0 radical (unpaired) electrons. The highest BCUT2D eigenvalue weighted by Gasteiger charge is 2.23. The van der Waals surface area contributed by atoms with Gasteiger partial charge < -0.3 is 9.47 Å². The number of cyclic esters (lactones) is 1. The Labute approximate surface area is 139 Å². The summed E-state index contributed by atoms with van der Waals surface area (Å²) >= 11 is 0. The Balaban J connectivity index is 1.79. The summed E-state index contributed by atoms with van der Waals surface area (Å²) in [5.74, 6) is -0.0280. The minimum absolute atomic E-state index is 0.229. The highest BCUT2D eigenvalue weighted by Crippen LogP contribution is 2.20. The third-order valence-corrected chi connectivity index (χ3v) is 3.35. The second-order valence-corrected chi connectivity index (χ2v) is 5.10. The molecule has 0 saturated carbocycles. The van der Waals surface area contributed by atoms with Gasteiger partial charge in [-0.15, -0.1) is 0 Å². The van der Waals surface area contributed by atoms with Crippen molar-refractivity contribution < 1.29 is 19.1 Å². The van der Waals surface area contributed by atoms with Gasteiger partial charge in [-0.2, -0.15) is 0 Å². The van der Waals surface area contributed by atoms with Crippen LogP contribution in [-0.2, 0) is 14.3 Å². The molecule has 2 aromatic carbocycles. The lowest BCUT2D eigenvalue weighted by atomic mass is 10.2. The Morgan fingerprint density at radius 2 is 1.83 bits per heavy atom. The molecule has 0 unspecified atom stereocenters. The Bertz CT molecular complexity index is 820. The first-order valence-corrected chi connectivity index (χ1v) is 7.54. The van der Waals surface area contributed by atoms with Crippen molar-refractivity contribution >= 4 is 23.9 Å². The second kappa shape index (κ2) is 6.91. The van der Waals surface area contributed by atoms with Crippen molar-refractivity contribution in [2.24, 2.45) is 4.99 Å². The maximum absolute atomic E-state index is 11.9. The van der Waals surface area contributed by atoms with Gasteiger partial charge in [-0.05, 0) is 35.9 Å². The molecule has 0 spiro atoms. The topological polar surface area (TPSA) is 65.0 Å². The number of rotatable bonds is 4. The molecule has 0 saturated heterocycles. The first-order chi connectivity index (χ1) is 11.7. The lowest BCUT2D eigenvalue weighted by molar-refractivity contribution is -0.134. The number of carbonyl (C=O) groups is 2. The van der Waals surface area contributed by atoms with Crippen molar-refractivity contribution in [2.45, 2.75) is 13.3 Å². The number of aliphatic imine (C=N–C) groups is 1. The first kappa shape index (κ1) is 15.7. The summed E-state index contributed by atoms with van der Waals surface area (Å²) < 4.78 is 10.3. The summed E-state index contributed by atoms with van der Waals surface area (Å²) in [6, 6.07) is 16.1. The van der Waals surface area contributed by atoms with Crippen molar-refractivity contribution in [3.63, 3.8) is 0 Å². The maximum atomic E-state index is 11.9. The van der Waals surface area contributed by atoms with E-state index in [1.54, 1.807) is 37.3 Å². The van der Waals surface area contributed by atoms with Gasteiger partial charge in [0, 0.05) is 12.0 Å². The SMILES string of the molecule is CCC(=O)Oc1ccc(/C=C2\N=C(c3ccccc3)OC2=O)cc1. The Morgan fingerprint density at radius 3 is 2.50 bits per heavy atom. The van der Waals surface area contributed by atoms with E-state index in [0.29, 0.717) is 18.1 Å². The predicted molar refractivity (Wildman–Crippen MR) is 89.4 cm³/mol. The van der Waals surface area contributed by atoms with Crippen LogP contribution in [0.15, 0.2) is 65.3 Å². The summed E-state index contributed by atoms with van der Waals surface area (Å²) in [6.45, 7) is 1.73. The quantitative estimate of drug-likeness (QED) is 0.492. The molecular weight excluding hydrogens is 306 g/mol. The largest absolute Gasteiger partial charge is 0.427 e. The lowest BCUT2D eigenvalue weighted by Gasteiger charge is -2.02. The van der Waals surface area contributed by atoms with E-state index in [2.05, 4.69) is 4.99 Å². The van der Waals surface area contributed by atoms with Gasteiger partial charge in [-0.3, -0.25) is 4.79 Å². The Kier molecular flexibility index (Phi) is 4.52. The van der Waals surface area contributed by atoms with E-state index < -0.39 is 5.97 Å². The maximum Gasteiger partial charge on any atom is 0.363 e. The molecule has 2 aromatic rings. The van der Waals surface area contributed by atoms with Crippen molar-refractivity contribution in [1.29, 1.82) is 0 Å². The van der Waals surface area contributed by atoms with Crippen LogP contribution >= 0.6 is 0 Å². The fraction of sp³-hybridized carbons (Fsp3) is 0.105. The number of ether oxygens (including phenoxy) is 2. The van der Waals surface area contributed by atoms with Crippen molar-refractivity contribution in [3.8, 4) is 5.75 Å². The van der Waals surface area contributed by atoms with E-state index in [9.17, 15) is 9.59 Å². The number of esters is 2. The Morgan fingerprint density at radius 1 is 1.12 bits per heavy atom. The van der Waals surface area contributed by atoms with Gasteiger partial charge in [0.05, 0.1) is 0 Å². The first-order valence-electron chi connectivity index (χ1n) is 7.54. The molecule has 1 aliphatic heterocycles. The van der Waals surface area contributed by atoms with Crippen molar-refractivity contribution in [3.05, 3.63) is 71.4 Å². The molecule has 0 atom stereocenters. The molecule has 3 rings (SSSR count). The average molecular weight is 321 g/mol. The summed E-state index contributed by atoms with van der Waals surface area (Å²) in [6.07, 6.45) is 1.94. The smallest absolute Gasteiger partial charge is 0.363 e. The van der Waals surface area contributed by atoms with Gasteiger partial charge in [-0.25, -0.2) is 9.79 Å². The molecule has 0 N–H and O–H groups in total. The van der Waals surface area contributed by atoms with Crippen LogP contribution in [0, 0.1) is 0 Å². The third kappa shape index (κ3) is 3.57. The van der Waals surface area contributed by atoms with Crippen molar-refractivity contribution in [1.82, 2.24) is 0 Å². The van der Waals surface area contributed by atoms with E-state index >= 15 is 0 Å². The number of hydrogen-bond donors (Lipinski definition) is 0. The number of carbonyl (C=O) groups excluding carboxylic acids is 2. The van der Waals surface area contributed by atoms with Gasteiger partial charge in [0.15, 0.2) is 5.70 Å². The molecule has 0 aromatic heterocycles. The zero-order chi connectivity index (χ0) is 16.9. The highest BCUT2D eigenvalue weighted by molar-refractivity contribution is 6.12. The van der Waals surface area contributed by atoms with Gasteiger partial charge >= 0.3 is 11.9 Å². The number of hydrogen-bond acceptors (Lipinski definition) is 5. The van der Waals surface area contributed by atoms with E-state index in [1.807, 2.05) is 30.3 Å². The lowest BCUT2D eigenvalue weighted by Crippen LogP contribution is -2.05. The van der Waals surface area contributed by atoms with Crippen LogP contribution in [0.5, 0.6) is 5.75 Å². The van der Waals surface area contributed by atoms with E-state index in [1.165, 1.54) is 0 Å². The van der Waals surface area contributed by atoms with Crippen LogP contribution in [0.3, 0.4) is 0 Å². The molecule has 24 heavy (non-hydrogen) atoms. The zero-order valence-electron chi connectivity index (χ0n) is 13.1. The molecule has 0 amide bonds. The average Bonchev–Trinajstić information content (AvgIpc) is 2.98. The summed E-state index contributed by atoms with van der Waals surface area (Å²) in [4.78, 5) is 27.4. The monoisotopic (exact) mass is 321 g/mol. The fourth-order valence-corrected chi connectivity index (χ4v) is 2.11. The number of nitrogens with zero attached hydrogens (tertiary/aromatic N) is 1. The molecule has 0 aliphatic carbocycles. The standard InChI is InChI=1S/C19H15NO4/c1-2-17(21)23-15-10-8-13(9-11-15)12-16-19(22)24-18(20-16)14-6-4-3-5-7-14/h3-12H,2H2,1H3/b16-12-. The van der Waals surface area contributed by atoms with Crippen LogP contribution < -0.4 is 4.74 Å². The van der Waals surface area contributed by atoms with E-state index in [4.69, 9.17) is 9.47 Å². The molecular formula is C19H15NO4. The molecule has 5 heteroatoms. The molecule has 0 bridgehead atoms. The minimum atomic E-state index is -0.490. The number of benzene rings is 2. The van der Waals surface area contributed by atoms with E-state index in [-0.39, 0.29) is 11.7 Å². The van der Waals surface area contributed by atoms with Gasteiger partial charge in [0.25, 0.3) is 0 Å². The normalized spacial score (nSPS) is 15.1. The van der Waals surface area contributed by atoms with Crippen LogP contribution in [0.4, 0.5) is 0 Å². The molecule has 1 heterocycles. The van der Waals surface area contributed by atoms with Crippen LogP contribution in [0.1, 0.15) is 24.5 Å². The van der Waals surface area contributed by atoms with Gasteiger partial charge in [-0.1, -0.05) is 37.3 Å². The molecule has 5 nitrogen and oxygen atoms in total. The van der Waals surface area contributed by atoms with Gasteiger partial charge in [0.2, 0.25) is 5.90 Å². The van der Waals surface area contributed by atoms with E-state index in [0.717, 1.165) is 11.1 Å². The summed E-state index contributed by atoms with van der Waals surface area (Å²) in [5, 5.41) is 0. The molecule has 1 aliphatic rings. The van der Waals surface area contributed by atoms with Crippen LogP contribution in [0.25, 0.3) is 6.08 Å². The third-order valence-electron chi connectivity index (χ3n) is 3.35. The summed E-state index contributed by atoms with van der Waals surface area (Å²) in [7, 11) is 0. The summed E-state index contributed by atoms with van der Waals surface area (Å²) in [5.41, 5.74) is 1.74.